The summed E-state index contributed by atoms with van der Waals surface area (Å²) in [4.78, 5) is 26.6. The van der Waals surface area contributed by atoms with Crippen molar-refractivity contribution in [2.75, 3.05) is 18.4 Å². The van der Waals surface area contributed by atoms with Gasteiger partial charge in [-0.1, -0.05) is 42.5 Å². The molecule has 2 aromatic carbocycles. The van der Waals surface area contributed by atoms with Crippen LogP contribution in [0.5, 0.6) is 0 Å². The average molecular weight is 340 g/mol. The van der Waals surface area contributed by atoms with Gasteiger partial charge in [0.15, 0.2) is 0 Å². The predicted octanol–water partition coefficient (Wildman–Crippen LogP) is 3.23. The van der Waals surface area contributed by atoms with Crippen molar-refractivity contribution in [2.24, 2.45) is 0 Å². The number of amides is 2. The molecule has 0 aliphatic carbocycles. The third kappa shape index (κ3) is 4.90. The van der Waals surface area contributed by atoms with E-state index in [4.69, 9.17) is 0 Å². The van der Waals surface area contributed by atoms with E-state index in [9.17, 15) is 14.7 Å². The van der Waals surface area contributed by atoms with Gasteiger partial charge in [-0.2, -0.15) is 0 Å². The van der Waals surface area contributed by atoms with Gasteiger partial charge in [-0.15, -0.1) is 0 Å². The topological polar surface area (TPSA) is 69.6 Å². The Balaban J connectivity index is 2.10. The molecule has 0 saturated carbocycles. The molecule has 0 aliphatic heterocycles. The minimum atomic E-state index is -0.883. The van der Waals surface area contributed by atoms with E-state index < -0.39 is 6.10 Å². The van der Waals surface area contributed by atoms with Crippen LogP contribution < -0.4 is 5.32 Å². The van der Waals surface area contributed by atoms with Crippen molar-refractivity contribution < 1.29 is 14.7 Å². The molecule has 2 amide bonds. The van der Waals surface area contributed by atoms with Crippen molar-refractivity contribution in [1.29, 1.82) is 0 Å². The van der Waals surface area contributed by atoms with Gasteiger partial charge in [-0.25, -0.2) is 0 Å². The summed E-state index contributed by atoms with van der Waals surface area (Å²) in [5.74, 6) is -0.458. The SMILES string of the molecule is CCN(CC)C(=O)c1ccccc1NC(=O)CC(O)c1ccccc1. The Kier molecular flexibility index (Phi) is 6.71. The highest BCUT2D eigenvalue weighted by Crippen LogP contribution is 2.20. The molecule has 5 heteroatoms. The molecule has 0 fully saturated rings. The third-order valence-electron chi connectivity index (χ3n) is 4.05. The van der Waals surface area contributed by atoms with Crippen molar-refractivity contribution in [1.82, 2.24) is 4.90 Å². The van der Waals surface area contributed by atoms with Gasteiger partial charge in [-0.05, 0) is 31.5 Å². The number of benzene rings is 2. The zero-order valence-electron chi connectivity index (χ0n) is 14.6. The van der Waals surface area contributed by atoms with Crippen molar-refractivity contribution in [3.05, 3.63) is 65.7 Å². The summed E-state index contributed by atoms with van der Waals surface area (Å²) in [6, 6.07) is 16.0. The largest absolute Gasteiger partial charge is 0.388 e. The Morgan fingerprint density at radius 1 is 1.00 bits per heavy atom. The summed E-state index contributed by atoms with van der Waals surface area (Å²) in [5.41, 5.74) is 1.60. The second-order valence-electron chi connectivity index (χ2n) is 5.70. The molecule has 0 aliphatic rings. The van der Waals surface area contributed by atoms with Crippen LogP contribution in [0.4, 0.5) is 5.69 Å². The first-order valence-corrected chi connectivity index (χ1v) is 8.48. The highest BCUT2D eigenvalue weighted by Gasteiger charge is 2.19. The third-order valence-corrected chi connectivity index (χ3v) is 4.05. The van der Waals surface area contributed by atoms with E-state index in [2.05, 4.69) is 5.32 Å². The summed E-state index contributed by atoms with van der Waals surface area (Å²) in [6.45, 7) is 5.03. The Bertz CT molecular complexity index is 712. The van der Waals surface area contributed by atoms with E-state index >= 15 is 0 Å². The summed E-state index contributed by atoms with van der Waals surface area (Å²) < 4.78 is 0. The number of rotatable bonds is 7. The predicted molar refractivity (Wildman–Crippen MR) is 98.3 cm³/mol. The Morgan fingerprint density at radius 2 is 1.60 bits per heavy atom. The van der Waals surface area contributed by atoms with Gasteiger partial charge in [0.05, 0.1) is 23.8 Å². The Labute approximate surface area is 148 Å². The smallest absolute Gasteiger partial charge is 0.255 e. The van der Waals surface area contributed by atoms with Gasteiger partial charge in [0, 0.05) is 13.1 Å². The number of aliphatic hydroxyl groups is 1. The van der Waals surface area contributed by atoms with E-state index in [1.807, 2.05) is 32.0 Å². The van der Waals surface area contributed by atoms with Gasteiger partial charge in [-0.3, -0.25) is 9.59 Å². The Hall–Kier alpha value is -2.66. The second kappa shape index (κ2) is 8.99. The van der Waals surface area contributed by atoms with Crippen molar-refractivity contribution >= 4 is 17.5 Å². The molecule has 2 aromatic rings. The first kappa shape index (κ1) is 18.7. The number of nitrogens with one attached hydrogen (secondary N) is 1. The molecule has 2 rings (SSSR count). The lowest BCUT2D eigenvalue weighted by atomic mass is 10.1. The van der Waals surface area contributed by atoms with Crippen molar-refractivity contribution in [2.45, 2.75) is 26.4 Å². The molecule has 0 radical (unpaired) electrons. The fourth-order valence-electron chi connectivity index (χ4n) is 2.63. The number of hydrogen-bond acceptors (Lipinski definition) is 3. The number of hydrogen-bond donors (Lipinski definition) is 2. The number of aliphatic hydroxyl groups excluding tert-OH is 1. The first-order valence-electron chi connectivity index (χ1n) is 8.48. The summed E-state index contributed by atoms with van der Waals surface area (Å²) in [6.07, 6.45) is -0.954. The number of carbonyl (C=O) groups is 2. The molecule has 0 bridgehead atoms. The maximum atomic E-state index is 12.6. The normalized spacial score (nSPS) is 11.6. The number of para-hydroxylation sites is 1. The molecule has 132 valence electrons. The van der Waals surface area contributed by atoms with E-state index in [1.165, 1.54) is 0 Å². The fourth-order valence-corrected chi connectivity index (χ4v) is 2.63. The van der Waals surface area contributed by atoms with Crippen LogP contribution in [0.1, 0.15) is 42.3 Å². The zero-order valence-corrected chi connectivity index (χ0v) is 14.6. The van der Waals surface area contributed by atoms with Crippen molar-refractivity contribution in [3.63, 3.8) is 0 Å². The number of anilines is 1. The van der Waals surface area contributed by atoms with Crippen LogP contribution >= 0.6 is 0 Å². The minimum Gasteiger partial charge on any atom is -0.388 e. The molecule has 2 N–H and O–H groups in total. The van der Waals surface area contributed by atoms with Gasteiger partial charge >= 0.3 is 0 Å². The lowest BCUT2D eigenvalue weighted by molar-refractivity contribution is -0.118. The molecular weight excluding hydrogens is 316 g/mol. The molecule has 1 unspecified atom stereocenters. The fraction of sp³-hybridized carbons (Fsp3) is 0.300. The molecular formula is C20H24N2O3. The first-order chi connectivity index (χ1) is 12.1. The van der Waals surface area contributed by atoms with Gasteiger partial charge < -0.3 is 15.3 Å². The van der Waals surface area contributed by atoms with Gasteiger partial charge in [0.1, 0.15) is 0 Å². The van der Waals surface area contributed by atoms with Crippen LogP contribution in [0.15, 0.2) is 54.6 Å². The van der Waals surface area contributed by atoms with E-state index in [1.54, 1.807) is 41.3 Å². The van der Waals surface area contributed by atoms with Crippen LogP contribution in [0.2, 0.25) is 0 Å². The Morgan fingerprint density at radius 3 is 2.24 bits per heavy atom. The van der Waals surface area contributed by atoms with Crippen LogP contribution in [0.3, 0.4) is 0 Å². The molecule has 25 heavy (non-hydrogen) atoms. The average Bonchev–Trinajstić information content (AvgIpc) is 2.63. The monoisotopic (exact) mass is 340 g/mol. The summed E-state index contributed by atoms with van der Waals surface area (Å²) in [7, 11) is 0. The lowest BCUT2D eigenvalue weighted by Gasteiger charge is -2.20. The zero-order chi connectivity index (χ0) is 18.2. The van der Waals surface area contributed by atoms with Crippen LogP contribution in [0.25, 0.3) is 0 Å². The number of carbonyl (C=O) groups excluding carboxylic acids is 2. The molecule has 1 atom stereocenters. The van der Waals surface area contributed by atoms with Crippen LogP contribution in [-0.4, -0.2) is 34.9 Å². The van der Waals surface area contributed by atoms with Gasteiger partial charge in [0.25, 0.3) is 5.91 Å². The molecule has 0 heterocycles. The van der Waals surface area contributed by atoms with E-state index in [-0.39, 0.29) is 18.2 Å². The molecule has 5 nitrogen and oxygen atoms in total. The second-order valence-corrected chi connectivity index (χ2v) is 5.70. The highest BCUT2D eigenvalue weighted by molar-refractivity contribution is 6.03. The molecule has 0 spiro atoms. The summed E-state index contributed by atoms with van der Waals surface area (Å²) >= 11 is 0. The maximum Gasteiger partial charge on any atom is 0.255 e. The highest BCUT2D eigenvalue weighted by atomic mass is 16.3. The number of nitrogens with zero attached hydrogens (tertiary/aromatic N) is 1. The van der Waals surface area contributed by atoms with E-state index in [0.29, 0.717) is 29.9 Å². The minimum absolute atomic E-state index is 0.0716. The van der Waals surface area contributed by atoms with Crippen LogP contribution in [-0.2, 0) is 4.79 Å². The lowest BCUT2D eigenvalue weighted by Crippen LogP contribution is -2.31. The summed E-state index contributed by atoms with van der Waals surface area (Å²) in [5, 5.41) is 12.9. The molecule has 0 saturated heterocycles. The van der Waals surface area contributed by atoms with E-state index in [0.717, 1.165) is 0 Å². The van der Waals surface area contributed by atoms with Crippen LogP contribution in [0, 0.1) is 0 Å². The van der Waals surface area contributed by atoms with Crippen molar-refractivity contribution in [3.8, 4) is 0 Å². The standard InChI is InChI=1S/C20H24N2O3/c1-3-22(4-2)20(25)16-12-8-9-13-17(16)21-19(24)14-18(23)15-10-6-5-7-11-15/h5-13,18,23H,3-4,14H2,1-2H3,(H,21,24). The maximum absolute atomic E-state index is 12.6. The van der Waals surface area contributed by atoms with Gasteiger partial charge in [0.2, 0.25) is 5.91 Å². The molecule has 0 aromatic heterocycles. The quantitative estimate of drug-likeness (QED) is 0.813.